The Balaban J connectivity index is 1.47. The summed E-state index contributed by atoms with van der Waals surface area (Å²) in [6.45, 7) is 5.58. The summed E-state index contributed by atoms with van der Waals surface area (Å²) in [6, 6.07) is 0. The van der Waals surface area contributed by atoms with Crippen LogP contribution in [0.3, 0.4) is 0 Å². The van der Waals surface area contributed by atoms with Crippen molar-refractivity contribution in [1.82, 2.24) is 0 Å². The summed E-state index contributed by atoms with van der Waals surface area (Å²) in [5.74, 6) is 0.382. The van der Waals surface area contributed by atoms with Crippen LogP contribution in [0.1, 0.15) is 71.6 Å². The fourth-order valence-electron chi connectivity index (χ4n) is 5.41. The van der Waals surface area contributed by atoms with E-state index in [-0.39, 0.29) is 54.6 Å². The zero-order chi connectivity index (χ0) is 23.2. The predicted octanol–water partition coefficient (Wildman–Crippen LogP) is 5.49. The third-order valence-corrected chi connectivity index (χ3v) is 7.47. The second kappa shape index (κ2) is 12.2. The maximum absolute atomic E-state index is 12.0. The average Bonchev–Trinajstić information content (AvgIpc) is 3.31. The van der Waals surface area contributed by atoms with E-state index in [1.165, 1.54) is 0 Å². The molecule has 33 heavy (non-hydrogen) atoms. The Kier molecular flexibility index (Phi) is 9.28. The molecule has 0 bridgehead atoms. The van der Waals surface area contributed by atoms with Gasteiger partial charge in [-0.05, 0) is 57.8 Å². The first-order valence-corrected chi connectivity index (χ1v) is 13.1. The molecule has 7 heteroatoms. The fraction of sp³-hybridized carbons (Fsp3) is 0.808. The Bertz CT molecular complexity index is 693. The molecule has 1 saturated carbocycles. The molecule has 0 amide bonds. The topological polar surface area (TPSA) is 63.2 Å². The first kappa shape index (κ1) is 25.2. The SMILES string of the molecule is CC(Cl)=CCC(C)[C@@H](C=C[C@@H]1[C@H]2CC(=O)O[C@H]2C[C@H]1OC1CCCCO1)OC1CCCCO1. The van der Waals surface area contributed by atoms with Gasteiger partial charge < -0.3 is 23.7 Å². The van der Waals surface area contributed by atoms with Crippen LogP contribution in [-0.4, -0.2) is 50.1 Å². The molecule has 0 aromatic carbocycles. The van der Waals surface area contributed by atoms with Gasteiger partial charge in [-0.1, -0.05) is 36.8 Å². The number of ether oxygens (including phenoxy) is 5. The van der Waals surface area contributed by atoms with Crippen LogP contribution in [0.5, 0.6) is 0 Å². The Morgan fingerprint density at radius 3 is 2.55 bits per heavy atom. The molecule has 3 heterocycles. The van der Waals surface area contributed by atoms with Crippen molar-refractivity contribution in [2.45, 2.75) is 103 Å². The lowest BCUT2D eigenvalue weighted by atomic mass is 9.90. The van der Waals surface area contributed by atoms with Crippen LogP contribution in [0.15, 0.2) is 23.3 Å². The molecular weight excluding hydrogens is 444 g/mol. The van der Waals surface area contributed by atoms with Crippen molar-refractivity contribution in [3.05, 3.63) is 23.3 Å². The summed E-state index contributed by atoms with van der Waals surface area (Å²) in [6.07, 6.45) is 14.2. The van der Waals surface area contributed by atoms with Gasteiger partial charge in [0.15, 0.2) is 12.6 Å². The van der Waals surface area contributed by atoms with E-state index in [1.807, 2.05) is 13.0 Å². The van der Waals surface area contributed by atoms with Gasteiger partial charge in [-0.15, -0.1) is 0 Å². The summed E-state index contributed by atoms with van der Waals surface area (Å²) in [5.41, 5.74) is 0. The minimum absolute atomic E-state index is 0.0145. The van der Waals surface area contributed by atoms with Crippen molar-refractivity contribution in [2.24, 2.45) is 17.8 Å². The molecule has 0 radical (unpaired) electrons. The van der Waals surface area contributed by atoms with Crippen LogP contribution < -0.4 is 0 Å². The second-order valence-electron chi connectivity index (χ2n) is 9.97. The van der Waals surface area contributed by atoms with Crippen molar-refractivity contribution in [3.63, 3.8) is 0 Å². The lowest BCUT2D eigenvalue weighted by Crippen LogP contribution is -2.32. The minimum atomic E-state index is -0.174. The van der Waals surface area contributed by atoms with Crippen LogP contribution in [0.25, 0.3) is 0 Å². The van der Waals surface area contributed by atoms with Crippen LogP contribution >= 0.6 is 11.6 Å². The Morgan fingerprint density at radius 1 is 1.15 bits per heavy atom. The molecule has 0 aromatic heterocycles. The zero-order valence-electron chi connectivity index (χ0n) is 20.0. The van der Waals surface area contributed by atoms with E-state index in [9.17, 15) is 4.79 Å². The molecular formula is C26H39ClO6. The first-order chi connectivity index (χ1) is 16.0. The monoisotopic (exact) mass is 482 g/mol. The van der Waals surface area contributed by atoms with E-state index in [0.717, 1.165) is 69.6 Å². The largest absolute Gasteiger partial charge is 0.462 e. The molecule has 8 atom stereocenters. The lowest BCUT2D eigenvalue weighted by molar-refractivity contribution is -0.194. The highest BCUT2D eigenvalue weighted by molar-refractivity contribution is 6.29. The highest BCUT2D eigenvalue weighted by atomic mass is 35.5. The highest BCUT2D eigenvalue weighted by Crippen LogP contribution is 2.44. The van der Waals surface area contributed by atoms with Gasteiger partial charge in [0.2, 0.25) is 0 Å². The quantitative estimate of drug-likeness (QED) is 0.320. The van der Waals surface area contributed by atoms with E-state index in [4.69, 9.17) is 35.3 Å². The van der Waals surface area contributed by atoms with Crippen molar-refractivity contribution in [1.29, 1.82) is 0 Å². The van der Waals surface area contributed by atoms with Crippen LogP contribution in [0, 0.1) is 17.8 Å². The fourth-order valence-corrected chi connectivity index (χ4v) is 5.50. The Hall–Kier alpha value is -0.920. The first-order valence-electron chi connectivity index (χ1n) is 12.7. The lowest BCUT2D eigenvalue weighted by Gasteiger charge is -2.31. The number of carbonyl (C=O) groups is 1. The van der Waals surface area contributed by atoms with E-state index < -0.39 is 0 Å². The normalized spacial score (nSPS) is 37.2. The standard InChI is InChI=1S/C26H39ClO6/c1-17(9-10-18(2)27)21(32-25-7-3-5-13-29-25)12-11-19-20-15-24(28)31-23(20)16-22(19)33-26-8-4-6-14-30-26/h10-12,17,19-23,25-26H,3-9,13-16H2,1-2H3/t17?,19-,20-,21-,22-,23+,25?,26?/m1/s1. The molecule has 4 fully saturated rings. The van der Waals surface area contributed by atoms with Crippen molar-refractivity contribution < 1.29 is 28.5 Å². The van der Waals surface area contributed by atoms with Gasteiger partial charge in [0, 0.05) is 36.5 Å². The number of hydrogen-bond acceptors (Lipinski definition) is 6. The summed E-state index contributed by atoms with van der Waals surface area (Å²) in [4.78, 5) is 12.0. The number of hydrogen-bond donors (Lipinski definition) is 0. The number of carbonyl (C=O) groups excluding carboxylic acids is 1. The average molecular weight is 483 g/mol. The molecule has 186 valence electrons. The van der Waals surface area contributed by atoms with Crippen molar-refractivity contribution in [3.8, 4) is 0 Å². The summed E-state index contributed by atoms with van der Waals surface area (Å²) in [7, 11) is 0. The number of halogens is 1. The molecule has 1 aliphatic carbocycles. The van der Waals surface area contributed by atoms with Gasteiger partial charge in [0.25, 0.3) is 0 Å². The molecule has 6 nitrogen and oxygen atoms in total. The number of esters is 1. The van der Waals surface area contributed by atoms with Crippen LogP contribution in [0.4, 0.5) is 0 Å². The highest BCUT2D eigenvalue weighted by Gasteiger charge is 2.50. The Morgan fingerprint density at radius 2 is 1.88 bits per heavy atom. The van der Waals surface area contributed by atoms with Crippen LogP contribution in [0.2, 0.25) is 0 Å². The molecule has 0 N–H and O–H groups in total. The van der Waals surface area contributed by atoms with Gasteiger partial charge in [0.1, 0.15) is 6.10 Å². The third-order valence-electron chi connectivity index (χ3n) is 7.32. The van der Waals surface area contributed by atoms with Crippen molar-refractivity contribution >= 4 is 17.6 Å². The molecule has 3 saturated heterocycles. The van der Waals surface area contributed by atoms with Gasteiger partial charge in [-0.3, -0.25) is 4.79 Å². The van der Waals surface area contributed by atoms with Crippen LogP contribution in [-0.2, 0) is 28.5 Å². The van der Waals surface area contributed by atoms with Gasteiger partial charge in [-0.25, -0.2) is 0 Å². The van der Waals surface area contributed by atoms with Gasteiger partial charge in [-0.2, -0.15) is 0 Å². The minimum Gasteiger partial charge on any atom is -0.462 e. The second-order valence-corrected chi connectivity index (χ2v) is 10.6. The molecule has 0 aromatic rings. The number of allylic oxidation sites excluding steroid dienone is 2. The van der Waals surface area contributed by atoms with E-state index in [1.54, 1.807) is 0 Å². The maximum Gasteiger partial charge on any atom is 0.306 e. The predicted molar refractivity (Wildman–Crippen MR) is 126 cm³/mol. The summed E-state index contributed by atoms with van der Waals surface area (Å²) >= 11 is 6.09. The van der Waals surface area contributed by atoms with Gasteiger partial charge >= 0.3 is 5.97 Å². The van der Waals surface area contributed by atoms with Crippen molar-refractivity contribution in [2.75, 3.05) is 13.2 Å². The zero-order valence-corrected chi connectivity index (χ0v) is 20.7. The number of fused-ring (bicyclic) bond motifs is 1. The third kappa shape index (κ3) is 7.04. The Labute approximate surface area is 202 Å². The molecule has 4 rings (SSSR count). The smallest absolute Gasteiger partial charge is 0.306 e. The van der Waals surface area contributed by atoms with E-state index in [2.05, 4.69) is 19.1 Å². The molecule has 3 unspecified atom stereocenters. The summed E-state index contributed by atoms with van der Waals surface area (Å²) in [5, 5.41) is 0.791. The number of rotatable bonds is 9. The summed E-state index contributed by atoms with van der Waals surface area (Å²) < 4.78 is 30.1. The van der Waals surface area contributed by atoms with E-state index >= 15 is 0 Å². The molecule has 3 aliphatic heterocycles. The van der Waals surface area contributed by atoms with E-state index in [0.29, 0.717) is 6.42 Å². The molecule has 0 spiro atoms. The maximum atomic E-state index is 12.0. The van der Waals surface area contributed by atoms with Gasteiger partial charge in [0.05, 0.1) is 18.6 Å². The molecule has 4 aliphatic rings.